The molecule has 1 heterocycles. The zero-order chi connectivity index (χ0) is 25.1. The van der Waals surface area contributed by atoms with E-state index in [0.29, 0.717) is 5.56 Å². The zero-order valence-corrected chi connectivity index (χ0v) is 19.3. The molecule has 34 heavy (non-hydrogen) atoms. The Morgan fingerprint density at radius 2 is 1.82 bits per heavy atom. The van der Waals surface area contributed by atoms with Gasteiger partial charge in [0.25, 0.3) is 5.91 Å². The fourth-order valence-corrected chi connectivity index (χ4v) is 3.60. The molecule has 0 atom stereocenters. The van der Waals surface area contributed by atoms with Crippen LogP contribution in [0.25, 0.3) is 11.1 Å². The molecule has 7 nitrogen and oxygen atoms in total. The highest BCUT2D eigenvalue weighted by molar-refractivity contribution is 7.89. The molecule has 180 valence electrons. The van der Waals surface area contributed by atoms with Crippen LogP contribution in [0.5, 0.6) is 17.4 Å². The lowest BCUT2D eigenvalue weighted by Gasteiger charge is -2.17. The fourth-order valence-electron chi connectivity index (χ4n) is 3.14. The molecule has 0 saturated carbocycles. The third-order valence-electron chi connectivity index (χ3n) is 4.60. The van der Waals surface area contributed by atoms with Crippen molar-refractivity contribution in [1.82, 2.24) is 9.71 Å². The Kier molecular flexibility index (Phi) is 7.15. The van der Waals surface area contributed by atoms with Crippen molar-refractivity contribution in [3.63, 3.8) is 0 Å². The van der Waals surface area contributed by atoms with E-state index in [0.717, 1.165) is 12.3 Å². The van der Waals surface area contributed by atoms with E-state index in [1.54, 1.807) is 19.1 Å². The van der Waals surface area contributed by atoms with E-state index in [9.17, 15) is 26.4 Å². The molecule has 0 bridgehead atoms. The monoisotopic (exact) mass is 494 g/mol. The smallest absolute Gasteiger partial charge is 0.416 e. The molecule has 0 radical (unpaired) electrons. The fraction of sp³-hybridized carbons (Fsp3) is 0.217. The Bertz CT molecular complexity index is 1320. The van der Waals surface area contributed by atoms with Crippen molar-refractivity contribution >= 4 is 15.9 Å². The second-order valence-electron chi connectivity index (χ2n) is 7.28. The van der Waals surface area contributed by atoms with E-state index in [1.807, 2.05) is 4.72 Å². The van der Waals surface area contributed by atoms with Crippen molar-refractivity contribution in [1.29, 1.82) is 0 Å². The minimum absolute atomic E-state index is 0.0148. The lowest BCUT2D eigenvalue weighted by molar-refractivity contribution is -0.138. The number of nitrogens with one attached hydrogen (secondary N) is 1. The van der Waals surface area contributed by atoms with Crippen LogP contribution in [0.4, 0.5) is 13.2 Å². The number of pyridine rings is 1. The van der Waals surface area contributed by atoms with Crippen molar-refractivity contribution in [3.05, 3.63) is 71.4 Å². The van der Waals surface area contributed by atoms with Gasteiger partial charge in [0.05, 0.1) is 18.4 Å². The van der Waals surface area contributed by atoms with E-state index in [4.69, 9.17) is 9.47 Å². The SMILES string of the molecule is CCOc1ncccc1-c1cc(C(=O)NS(C)(=O)=O)ccc1Oc1ccc(C)c(C(F)(F)F)c1. The van der Waals surface area contributed by atoms with Gasteiger partial charge in [-0.2, -0.15) is 13.2 Å². The van der Waals surface area contributed by atoms with Crippen molar-refractivity contribution in [2.24, 2.45) is 0 Å². The predicted molar refractivity (Wildman–Crippen MR) is 119 cm³/mol. The minimum Gasteiger partial charge on any atom is -0.478 e. The van der Waals surface area contributed by atoms with Crippen LogP contribution in [-0.4, -0.2) is 32.2 Å². The molecule has 0 aliphatic heterocycles. The summed E-state index contributed by atoms with van der Waals surface area (Å²) in [6.45, 7) is 3.37. The molecule has 3 rings (SSSR count). The van der Waals surface area contributed by atoms with Gasteiger partial charge >= 0.3 is 6.18 Å². The first-order valence-electron chi connectivity index (χ1n) is 9.99. The summed E-state index contributed by atoms with van der Waals surface area (Å²) in [5, 5.41) is 0. The summed E-state index contributed by atoms with van der Waals surface area (Å²) in [7, 11) is -3.82. The maximum Gasteiger partial charge on any atom is 0.416 e. The van der Waals surface area contributed by atoms with Crippen molar-refractivity contribution < 1.29 is 35.9 Å². The van der Waals surface area contributed by atoms with Crippen LogP contribution >= 0.6 is 0 Å². The van der Waals surface area contributed by atoms with Gasteiger partial charge in [0, 0.05) is 22.9 Å². The number of aryl methyl sites for hydroxylation is 1. The van der Waals surface area contributed by atoms with E-state index >= 15 is 0 Å². The molecule has 0 aliphatic rings. The van der Waals surface area contributed by atoms with Crippen LogP contribution in [0.15, 0.2) is 54.7 Å². The normalized spacial score (nSPS) is 11.7. The van der Waals surface area contributed by atoms with Crippen molar-refractivity contribution in [2.45, 2.75) is 20.0 Å². The molecule has 0 fully saturated rings. The Morgan fingerprint density at radius 3 is 2.47 bits per heavy atom. The number of aromatic nitrogens is 1. The molecule has 3 aromatic rings. The number of hydrogen-bond acceptors (Lipinski definition) is 6. The Labute approximate surface area is 194 Å². The zero-order valence-electron chi connectivity index (χ0n) is 18.4. The van der Waals surface area contributed by atoms with Crippen LogP contribution < -0.4 is 14.2 Å². The standard InChI is InChI=1S/C23H21F3N2O5S/c1-4-32-22-17(6-5-11-27-22)18-12-15(21(29)28-34(3,30)31)8-10-20(18)33-16-9-7-14(2)19(13-16)23(24,25)26/h5-13H,4H2,1-3H3,(H,28,29). The van der Waals surface area contributed by atoms with Gasteiger partial charge in [0.1, 0.15) is 11.5 Å². The molecule has 0 unspecified atom stereocenters. The Morgan fingerprint density at radius 1 is 1.09 bits per heavy atom. The third kappa shape index (κ3) is 6.04. The molecule has 0 saturated heterocycles. The van der Waals surface area contributed by atoms with Crippen LogP contribution in [-0.2, 0) is 16.2 Å². The summed E-state index contributed by atoms with van der Waals surface area (Å²) in [6, 6.07) is 10.8. The maximum absolute atomic E-state index is 13.4. The molecule has 11 heteroatoms. The largest absolute Gasteiger partial charge is 0.478 e. The topological polar surface area (TPSA) is 94.6 Å². The molecule has 2 aromatic carbocycles. The number of nitrogens with zero attached hydrogens (tertiary/aromatic N) is 1. The lowest BCUT2D eigenvalue weighted by atomic mass is 10.0. The van der Waals surface area contributed by atoms with Gasteiger partial charge in [-0.25, -0.2) is 18.1 Å². The highest BCUT2D eigenvalue weighted by Gasteiger charge is 2.33. The highest BCUT2D eigenvalue weighted by Crippen LogP contribution is 2.40. The van der Waals surface area contributed by atoms with E-state index < -0.39 is 27.7 Å². The average Bonchev–Trinajstić information content (AvgIpc) is 2.74. The summed E-state index contributed by atoms with van der Waals surface area (Å²) in [4.78, 5) is 16.6. The van der Waals surface area contributed by atoms with Gasteiger partial charge in [-0.3, -0.25) is 4.79 Å². The third-order valence-corrected chi connectivity index (χ3v) is 5.16. The van der Waals surface area contributed by atoms with Gasteiger partial charge in [-0.1, -0.05) is 6.07 Å². The summed E-state index contributed by atoms with van der Waals surface area (Å²) in [6.07, 6.45) is -2.23. The van der Waals surface area contributed by atoms with Crippen LogP contribution in [0.1, 0.15) is 28.4 Å². The summed E-state index contributed by atoms with van der Waals surface area (Å²) >= 11 is 0. The number of carbonyl (C=O) groups excluding carboxylic acids is 1. The number of hydrogen-bond donors (Lipinski definition) is 1. The predicted octanol–water partition coefficient (Wildman–Crippen LogP) is 4.96. The number of rotatable bonds is 7. The quantitative estimate of drug-likeness (QED) is 0.499. The van der Waals surface area contributed by atoms with Crippen LogP contribution in [0.2, 0.25) is 0 Å². The average molecular weight is 494 g/mol. The number of ether oxygens (including phenoxy) is 2. The maximum atomic E-state index is 13.4. The number of alkyl halides is 3. The number of amides is 1. The van der Waals surface area contributed by atoms with Gasteiger partial charge in [-0.15, -0.1) is 0 Å². The van der Waals surface area contributed by atoms with Crippen molar-refractivity contribution in [2.75, 3.05) is 12.9 Å². The van der Waals surface area contributed by atoms with Gasteiger partial charge in [0.15, 0.2) is 0 Å². The first kappa shape index (κ1) is 25.0. The summed E-state index contributed by atoms with van der Waals surface area (Å²) in [5.41, 5.74) is -0.145. The molecular formula is C23H21F3N2O5S. The second kappa shape index (κ2) is 9.72. The number of sulfonamides is 1. The minimum atomic E-state index is -4.56. The van der Waals surface area contributed by atoms with Gasteiger partial charge in [-0.05, 0) is 61.9 Å². The van der Waals surface area contributed by atoms with Gasteiger partial charge in [0.2, 0.25) is 15.9 Å². The van der Waals surface area contributed by atoms with Crippen LogP contribution in [0, 0.1) is 6.92 Å². The van der Waals surface area contributed by atoms with Crippen molar-refractivity contribution in [3.8, 4) is 28.5 Å². The molecular weight excluding hydrogens is 473 g/mol. The molecule has 1 amide bonds. The lowest BCUT2D eigenvalue weighted by Crippen LogP contribution is -2.29. The van der Waals surface area contributed by atoms with Gasteiger partial charge < -0.3 is 9.47 Å². The number of carbonyl (C=O) groups is 1. The number of benzene rings is 2. The summed E-state index contributed by atoms with van der Waals surface area (Å²) < 4.78 is 76.2. The first-order chi connectivity index (χ1) is 15.9. The van der Waals surface area contributed by atoms with Crippen LogP contribution in [0.3, 0.4) is 0 Å². The second-order valence-corrected chi connectivity index (χ2v) is 9.03. The molecule has 1 aromatic heterocycles. The van der Waals surface area contributed by atoms with E-state index in [2.05, 4.69) is 4.98 Å². The Hall–Kier alpha value is -3.60. The Balaban J connectivity index is 2.13. The first-order valence-corrected chi connectivity index (χ1v) is 11.9. The van der Waals surface area contributed by atoms with E-state index in [-0.39, 0.29) is 40.7 Å². The summed E-state index contributed by atoms with van der Waals surface area (Å²) in [5.74, 6) is -0.640. The number of halogens is 3. The molecule has 1 N–H and O–H groups in total. The molecule has 0 aliphatic carbocycles. The molecule has 0 spiro atoms. The van der Waals surface area contributed by atoms with E-state index in [1.165, 1.54) is 43.5 Å². The highest BCUT2D eigenvalue weighted by atomic mass is 32.2.